The van der Waals surface area contributed by atoms with E-state index in [9.17, 15) is 4.79 Å². The molecular weight excluding hydrogens is 212 g/mol. The second-order valence-corrected chi connectivity index (χ2v) is 4.44. The summed E-state index contributed by atoms with van der Waals surface area (Å²) in [6.45, 7) is 2.59. The second-order valence-electron chi connectivity index (χ2n) is 3.49. The standard InChI is InChI=1S/C9H14N4OS/c1-2-10-8(14)5-15-9-12-11-6-13(9)7-3-4-7/h6-7H,2-5H2,1H3,(H,10,14). The Morgan fingerprint density at radius 2 is 2.53 bits per heavy atom. The first-order valence-corrected chi connectivity index (χ1v) is 6.09. The van der Waals surface area contributed by atoms with Gasteiger partial charge >= 0.3 is 0 Å². The minimum absolute atomic E-state index is 0.0489. The van der Waals surface area contributed by atoms with E-state index in [1.54, 1.807) is 6.33 Å². The van der Waals surface area contributed by atoms with Crippen LogP contribution >= 0.6 is 11.8 Å². The molecule has 0 atom stereocenters. The fourth-order valence-corrected chi connectivity index (χ4v) is 2.13. The minimum atomic E-state index is 0.0489. The summed E-state index contributed by atoms with van der Waals surface area (Å²) in [5.74, 6) is 0.465. The van der Waals surface area contributed by atoms with Gasteiger partial charge in [0.15, 0.2) is 5.16 Å². The number of carbonyl (C=O) groups is 1. The zero-order valence-electron chi connectivity index (χ0n) is 8.64. The van der Waals surface area contributed by atoms with Crippen molar-refractivity contribution >= 4 is 17.7 Å². The lowest BCUT2D eigenvalue weighted by Gasteiger charge is -2.03. The first-order chi connectivity index (χ1) is 7.31. The lowest BCUT2D eigenvalue weighted by Crippen LogP contribution is -2.24. The average Bonchev–Trinajstić information content (AvgIpc) is 2.96. The van der Waals surface area contributed by atoms with Crippen LogP contribution in [0.3, 0.4) is 0 Å². The van der Waals surface area contributed by atoms with E-state index >= 15 is 0 Å². The molecule has 1 heterocycles. The van der Waals surface area contributed by atoms with Crippen LogP contribution in [0.15, 0.2) is 11.5 Å². The molecule has 6 heteroatoms. The Hall–Kier alpha value is -1.04. The number of hydrogen-bond donors (Lipinski definition) is 1. The normalized spacial score (nSPS) is 15.3. The van der Waals surface area contributed by atoms with Gasteiger partial charge in [-0.15, -0.1) is 10.2 Å². The van der Waals surface area contributed by atoms with Gasteiger partial charge in [0.25, 0.3) is 0 Å². The van der Waals surface area contributed by atoms with Crippen molar-refractivity contribution in [1.29, 1.82) is 0 Å². The molecule has 1 fully saturated rings. The predicted molar refractivity (Wildman–Crippen MR) is 57.7 cm³/mol. The number of nitrogens with zero attached hydrogens (tertiary/aromatic N) is 3. The molecule has 1 aromatic heterocycles. The molecule has 0 spiro atoms. The zero-order chi connectivity index (χ0) is 10.7. The number of amides is 1. The van der Waals surface area contributed by atoms with Crippen LogP contribution in [0, 0.1) is 0 Å². The molecule has 1 N–H and O–H groups in total. The van der Waals surface area contributed by atoms with Crippen LogP contribution in [-0.4, -0.2) is 33.0 Å². The Bertz CT molecular complexity index is 348. The van der Waals surface area contributed by atoms with Gasteiger partial charge in [0.1, 0.15) is 6.33 Å². The molecule has 0 bridgehead atoms. The van der Waals surface area contributed by atoms with Crippen LogP contribution in [0.1, 0.15) is 25.8 Å². The zero-order valence-corrected chi connectivity index (χ0v) is 9.46. The fourth-order valence-electron chi connectivity index (χ4n) is 1.32. The molecule has 1 amide bonds. The van der Waals surface area contributed by atoms with Crippen LogP contribution in [0.25, 0.3) is 0 Å². The molecule has 0 aromatic carbocycles. The summed E-state index contributed by atoms with van der Waals surface area (Å²) in [6.07, 6.45) is 4.15. The predicted octanol–water partition coefficient (Wildman–Crippen LogP) is 0.841. The Kier molecular flexibility index (Phi) is 3.25. The van der Waals surface area contributed by atoms with Gasteiger partial charge in [-0.2, -0.15) is 0 Å². The molecule has 0 saturated heterocycles. The van der Waals surface area contributed by atoms with E-state index in [0.717, 1.165) is 5.16 Å². The van der Waals surface area contributed by atoms with E-state index < -0.39 is 0 Å². The number of rotatable bonds is 5. The van der Waals surface area contributed by atoms with Crippen molar-refractivity contribution in [3.05, 3.63) is 6.33 Å². The van der Waals surface area contributed by atoms with Crippen molar-refractivity contribution in [2.24, 2.45) is 0 Å². The van der Waals surface area contributed by atoms with Gasteiger partial charge in [0.05, 0.1) is 5.75 Å². The van der Waals surface area contributed by atoms with Gasteiger partial charge in [-0.1, -0.05) is 11.8 Å². The van der Waals surface area contributed by atoms with Gasteiger partial charge in [-0.3, -0.25) is 4.79 Å². The van der Waals surface area contributed by atoms with Crippen LogP contribution in [0.2, 0.25) is 0 Å². The van der Waals surface area contributed by atoms with Gasteiger partial charge < -0.3 is 9.88 Å². The molecule has 0 aliphatic heterocycles. The maximum Gasteiger partial charge on any atom is 0.230 e. The third kappa shape index (κ3) is 2.71. The summed E-state index contributed by atoms with van der Waals surface area (Å²) in [6, 6.07) is 0.566. The number of aromatic nitrogens is 3. The van der Waals surface area contributed by atoms with Crippen molar-refractivity contribution in [1.82, 2.24) is 20.1 Å². The average molecular weight is 226 g/mol. The highest BCUT2D eigenvalue weighted by molar-refractivity contribution is 7.99. The molecule has 0 radical (unpaired) electrons. The second kappa shape index (κ2) is 4.65. The Morgan fingerprint density at radius 1 is 1.73 bits per heavy atom. The molecule has 1 saturated carbocycles. The van der Waals surface area contributed by atoms with E-state index in [1.807, 2.05) is 6.92 Å². The van der Waals surface area contributed by atoms with E-state index in [1.165, 1.54) is 24.6 Å². The Balaban J connectivity index is 1.87. The Labute approximate surface area is 92.6 Å². The Morgan fingerprint density at radius 3 is 3.20 bits per heavy atom. The molecule has 2 rings (SSSR count). The molecule has 0 unspecified atom stereocenters. The summed E-state index contributed by atoms with van der Waals surface area (Å²) >= 11 is 1.45. The first-order valence-electron chi connectivity index (χ1n) is 5.10. The summed E-state index contributed by atoms with van der Waals surface area (Å²) in [7, 11) is 0. The first kappa shape index (κ1) is 10.5. The smallest absolute Gasteiger partial charge is 0.230 e. The van der Waals surface area contributed by atoms with E-state index in [0.29, 0.717) is 18.3 Å². The van der Waals surface area contributed by atoms with Gasteiger partial charge in [0.2, 0.25) is 5.91 Å². The van der Waals surface area contributed by atoms with Crippen LogP contribution in [0.5, 0.6) is 0 Å². The minimum Gasteiger partial charge on any atom is -0.356 e. The van der Waals surface area contributed by atoms with E-state index in [-0.39, 0.29) is 5.91 Å². The highest BCUT2D eigenvalue weighted by Crippen LogP contribution is 2.37. The topological polar surface area (TPSA) is 59.8 Å². The van der Waals surface area contributed by atoms with Gasteiger partial charge in [-0.25, -0.2) is 0 Å². The third-order valence-electron chi connectivity index (χ3n) is 2.19. The fraction of sp³-hybridized carbons (Fsp3) is 0.667. The maximum absolute atomic E-state index is 11.2. The summed E-state index contributed by atoms with van der Waals surface area (Å²) in [5, 5.41) is 11.5. The van der Waals surface area contributed by atoms with Gasteiger partial charge in [-0.05, 0) is 19.8 Å². The SMILES string of the molecule is CCNC(=O)CSc1nncn1C1CC1. The number of thioether (sulfide) groups is 1. The number of carbonyl (C=O) groups excluding carboxylic acids is 1. The molecule has 1 aliphatic carbocycles. The molecular formula is C9H14N4OS. The highest BCUT2D eigenvalue weighted by atomic mass is 32.2. The number of nitrogens with one attached hydrogen (secondary N) is 1. The lowest BCUT2D eigenvalue weighted by atomic mass is 10.6. The van der Waals surface area contributed by atoms with Crippen LogP contribution in [0.4, 0.5) is 0 Å². The number of hydrogen-bond acceptors (Lipinski definition) is 4. The van der Waals surface area contributed by atoms with Crippen LogP contribution in [-0.2, 0) is 4.79 Å². The summed E-state index contributed by atoms with van der Waals surface area (Å²) < 4.78 is 2.06. The lowest BCUT2D eigenvalue weighted by molar-refractivity contribution is -0.118. The van der Waals surface area contributed by atoms with Crippen molar-refractivity contribution in [3.8, 4) is 0 Å². The van der Waals surface area contributed by atoms with Crippen molar-refractivity contribution in [3.63, 3.8) is 0 Å². The molecule has 15 heavy (non-hydrogen) atoms. The van der Waals surface area contributed by atoms with Crippen molar-refractivity contribution in [2.45, 2.75) is 31.0 Å². The van der Waals surface area contributed by atoms with E-state index in [4.69, 9.17) is 0 Å². The third-order valence-corrected chi connectivity index (χ3v) is 3.14. The van der Waals surface area contributed by atoms with Crippen molar-refractivity contribution in [2.75, 3.05) is 12.3 Å². The van der Waals surface area contributed by atoms with Gasteiger partial charge in [0, 0.05) is 12.6 Å². The molecule has 1 aromatic rings. The summed E-state index contributed by atoms with van der Waals surface area (Å²) in [5.41, 5.74) is 0. The van der Waals surface area contributed by atoms with Crippen LogP contribution < -0.4 is 5.32 Å². The molecule has 1 aliphatic rings. The maximum atomic E-state index is 11.2. The summed E-state index contributed by atoms with van der Waals surface area (Å²) in [4.78, 5) is 11.2. The molecule has 5 nitrogen and oxygen atoms in total. The quantitative estimate of drug-likeness (QED) is 0.756. The van der Waals surface area contributed by atoms with Crippen molar-refractivity contribution < 1.29 is 4.79 Å². The highest BCUT2D eigenvalue weighted by Gasteiger charge is 2.26. The largest absolute Gasteiger partial charge is 0.356 e. The molecule has 82 valence electrons. The van der Waals surface area contributed by atoms with E-state index in [2.05, 4.69) is 20.1 Å². The monoisotopic (exact) mass is 226 g/mol.